The van der Waals surface area contributed by atoms with Gasteiger partial charge in [-0.3, -0.25) is 0 Å². The second-order valence-corrected chi connectivity index (χ2v) is 4.62. The van der Waals surface area contributed by atoms with E-state index in [1.807, 2.05) is 30.3 Å². The number of aromatic nitrogens is 2. The molecule has 2 aromatic rings. The van der Waals surface area contributed by atoms with Gasteiger partial charge in [0, 0.05) is 17.8 Å². The third-order valence-corrected chi connectivity index (χ3v) is 2.76. The Morgan fingerprint density at radius 1 is 1.16 bits per heavy atom. The molecule has 0 fully saturated rings. The lowest BCUT2D eigenvalue weighted by atomic mass is 10.1. The molecular formula is C15H19N3O. The van der Waals surface area contributed by atoms with Crippen molar-refractivity contribution in [1.29, 1.82) is 0 Å². The van der Waals surface area contributed by atoms with E-state index in [-0.39, 0.29) is 0 Å². The number of ether oxygens (including phenoxy) is 1. The van der Waals surface area contributed by atoms with Crippen molar-refractivity contribution < 1.29 is 4.74 Å². The molecule has 0 aliphatic rings. The molecule has 0 unspecified atom stereocenters. The summed E-state index contributed by atoms with van der Waals surface area (Å²) in [5, 5.41) is 3.31. The molecule has 100 valence electrons. The monoisotopic (exact) mass is 257 g/mol. The maximum Gasteiger partial charge on any atom is 0.142 e. The highest BCUT2D eigenvalue weighted by atomic mass is 16.5. The first kappa shape index (κ1) is 13.5. The average Bonchev–Trinajstić information content (AvgIpc) is 2.45. The highest BCUT2D eigenvalue weighted by Crippen LogP contribution is 2.20. The van der Waals surface area contributed by atoms with Crippen LogP contribution in [0.1, 0.15) is 19.7 Å². The van der Waals surface area contributed by atoms with Crippen molar-refractivity contribution in [2.45, 2.75) is 26.4 Å². The van der Waals surface area contributed by atoms with E-state index in [1.54, 1.807) is 13.3 Å². The summed E-state index contributed by atoms with van der Waals surface area (Å²) in [6.07, 6.45) is 1.80. The number of nitrogens with one attached hydrogen (secondary N) is 1. The smallest absolute Gasteiger partial charge is 0.142 e. The van der Waals surface area contributed by atoms with Gasteiger partial charge in [0.2, 0.25) is 0 Å². The van der Waals surface area contributed by atoms with Crippen LogP contribution in [0, 0.1) is 0 Å². The van der Waals surface area contributed by atoms with Crippen LogP contribution in [0.4, 0.5) is 0 Å². The van der Waals surface area contributed by atoms with Crippen LogP contribution in [0.2, 0.25) is 0 Å². The van der Waals surface area contributed by atoms with Gasteiger partial charge >= 0.3 is 0 Å². The molecular weight excluding hydrogens is 238 g/mol. The lowest BCUT2D eigenvalue weighted by molar-refractivity contribution is 0.415. The highest BCUT2D eigenvalue weighted by molar-refractivity contribution is 5.59. The van der Waals surface area contributed by atoms with E-state index in [1.165, 1.54) is 0 Å². The van der Waals surface area contributed by atoms with Crippen LogP contribution in [0.15, 0.2) is 36.5 Å². The summed E-state index contributed by atoms with van der Waals surface area (Å²) >= 11 is 0. The topological polar surface area (TPSA) is 47.0 Å². The Morgan fingerprint density at radius 2 is 1.89 bits per heavy atom. The van der Waals surface area contributed by atoms with Crippen molar-refractivity contribution in [3.63, 3.8) is 0 Å². The molecule has 0 aliphatic heterocycles. The van der Waals surface area contributed by atoms with E-state index in [0.717, 1.165) is 22.8 Å². The Morgan fingerprint density at radius 3 is 2.53 bits per heavy atom. The fraction of sp³-hybridized carbons (Fsp3) is 0.333. The van der Waals surface area contributed by atoms with Gasteiger partial charge in [0.15, 0.2) is 0 Å². The molecule has 0 amide bonds. The summed E-state index contributed by atoms with van der Waals surface area (Å²) in [6, 6.07) is 10.2. The fourth-order valence-corrected chi connectivity index (χ4v) is 1.70. The molecule has 19 heavy (non-hydrogen) atoms. The zero-order valence-corrected chi connectivity index (χ0v) is 11.6. The number of benzene rings is 1. The van der Waals surface area contributed by atoms with Crippen LogP contribution in [0.3, 0.4) is 0 Å². The minimum absolute atomic E-state index is 0.424. The number of nitrogens with zero attached hydrogens (tertiary/aromatic N) is 2. The highest BCUT2D eigenvalue weighted by Gasteiger charge is 2.03. The molecule has 0 saturated heterocycles. The molecule has 1 N–H and O–H groups in total. The zero-order chi connectivity index (χ0) is 13.7. The fourth-order valence-electron chi connectivity index (χ4n) is 1.70. The molecule has 1 heterocycles. The molecule has 1 aromatic carbocycles. The van der Waals surface area contributed by atoms with Crippen LogP contribution >= 0.6 is 0 Å². The normalized spacial score (nSPS) is 10.7. The first-order chi connectivity index (χ1) is 9.19. The number of rotatable bonds is 5. The third kappa shape index (κ3) is 3.76. The predicted molar refractivity (Wildman–Crippen MR) is 76.0 cm³/mol. The SMILES string of the molecule is COc1ccc(-c2ccnc(CNC(C)C)n2)cc1. The molecule has 1 aromatic heterocycles. The van der Waals surface area contributed by atoms with Gasteiger partial charge in [-0.05, 0) is 30.3 Å². The summed E-state index contributed by atoms with van der Waals surface area (Å²) in [6.45, 7) is 4.89. The molecule has 4 nitrogen and oxygen atoms in total. The van der Waals surface area contributed by atoms with Gasteiger partial charge in [-0.25, -0.2) is 9.97 Å². The molecule has 2 rings (SSSR count). The standard InChI is InChI=1S/C15H19N3O/c1-11(2)17-10-15-16-9-8-14(18-15)12-4-6-13(19-3)7-5-12/h4-9,11,17H,10H2,1-3H3. The van der Waals surface area contributed by atoms with Crippen LogP contribution in [0.25, 0.3) is 11.3 Å². The summed E-state index contributed by atoms with van der Waals surface area (Å²) in [4.78, 5) is 8.83. The van der Waals surface area contributed by atoms with Crippen molar-refractivity contribution in [3.05, 3.63) is 42.4 Å². The van der Waals surface area contributed by atoms with Gasteiger partial charge in [0.1, 0.15) is 11.6 Å². The third-order valence-electron chi connectivity index (χ3n) is 2.76. The van der Waals surface area contributed by atoms with Crippen LogP contribution in [-0.2, 0) is 6.54 Å². The summed E-state index contributed by atoms with van der Waals surface area (Å²) in [5.41, 5.74) is 1.99. The number of methoxy groups -OCH3 is 1. The van der Waals surface area contributed by atoms with Crippen LogP contribution in [0.5, 0.6) is 5.75 Å². The minimum atomic E-state index is 0.424. The van der Waals surface area contributed by atoms with Crippen LogP contribution < -0.4 is 10.1 Å². The van der Waals surface area contributed by atoms with Gasteiger partial charge in [0.05, 0.1) is 19.3 Å². The Kier molecular flexibility index (Phi) is 4.47. The second-order valence-electron chi connectivity index (χ2n) is 4.62. The van der Waals surface area contributed by atoms with Crippen molar-refractivity contribution in [2.75, 3.05) is 7.11 Å². The molecule has 0 saturated carbocycles. The molecule has 4 heteroatoms. The molecule has 0 aliphatic carbocycles. The van der Waals surface area contributed by atoms with Crippen molar-refractivity contribution in [1.82, 2.24) is 15.3 Å². The van der Waals surface area contributed by atoms with Crippen molar-refractivity contribution >= 4 is 0 Å². The minimum Gasteiger partial charge on any atom is -0.497 e. The summed E-state index contributed by atoms with van der Waals surface area (Å²) < 4.78 is 5.15. The van der Waals surface area contributed by atoms with E-state index in [9.17, 15) is 0 Å². The van der Waals surface area contributed by atoms with Gasteiger partial charge in [-0.15, -0.1) is 0 Å². The Labute approximate surface area is 113 Å². The Bertz CT molecular complexity index is 523. The van der Waals surface area contributed by atoms with E-state index in [2.05, 4.69) is 29.1 Å². The van der Waals surface area contributed by atoms with E-state index in [4.69, 9.17) is 4.74 Å². The number of hydrogen-bond acceptors (Lipinski definition) is 4. The average molecular weight is 257 g/mol. The predicted octanol–water partition coefficient (Wildman–Crippen LogP) is 2.65. The first-order valence-corrected chi connectivity index (χ1v) is 6.39. The van der Waals surface area contributed by atoms with Gasteiger partial charge in [-0.2, -0.15) is 0 Å². The van der Waals surface area contributed by atoms with Crippen LogP contribution in [-0.4, -0.2) is 23.1 Å². The lowest BCUT2D eigenvalue weighted by Crippen LogP contribution is -2.23. The molecule has 0 spiro atoms. The first-order valence-electron chi connectivity index (χ1n) is 6.39. The molecule has 0 radical (unpaired) electrons. The molecule has 0 atom stereocenters. The quantitative estimate of drug-likeness (QED) is 0.894. The van der Waals surface area contributed by atoms with Crippen molar-refractivity contribution in [3.8, 4) is 17.0 Å². The Hall–Kier alpha value is -1.94. The lowest BCUT2D eigenvalue weighted by Gasteiger charge is -2.08. The van der Waals surface area contributed by atoms with Gasteiger partial charge < -0.3 is 10.1 Å². The van der Waals surface area contributed by atoms with Gasteiger partial charge in [0.25, 0.3) is 0 Å². The van der Waals surface area contributed by atoms with Crippen molar-refractivity contribution in [2.24, 2.45) is 0 Å². The summed E-state index contributed by atoms with van der Waals surface area (Å²) in [7, 11) is 1.66. The zero-order valence-electron chi connectivity index (χ0n) is 11.6. The van der Waals surface area contributed by atoms with E-state index >= 15 is 0 Å². The largest absolute Gasteiger partial charge is 0.497 e. The van der Waals surface area contributed by atoms with Gasteiger partial charge in [-0.1, -0.05) is 13.8 Å². The van der Waals surface area contributed by atoms with E-state index in [0.29, 0.717) is 12.6 Å². The maximum atomic E-state index is 5.15. The van der Waals surface area contributed by atoms with E-state index < -0.39 is 0 Å². The molecule has 0 bridgehead atoms. The maximum absolute atomic E-state index is 5.15. The summed E-state index contributed by atoms with van der Waals surface area (Å²) in [5.74, 6) is 1.65. The Balaban J connectivity index is 2.17. The number of hydrogen-bond donors (Lipinski definition) is 1. The second kappa shape index (κ2) is 6.29.